The molecule has 0 amide bonds. The second kappa shape index (κ2) is 6.02. The van der Waals surface area contributed by atoms with E-state index in [1.54, 1.807) is 0 Å². The molecule has 3 heterocycles. The average molecular weight is 310 g/mol. The van der Waals surface area contributed by atoms with Crippen molar-refractivity contribution < 1.29 is 0 Å². The molecule has 0 spiro atoms. The van der Waals surface area contributed by atoms with Crippen LogP contribution in [-0.2, 0) is 25.9 Å². The normalized spacial score (nSPS) is 17.1. The van der Waals surface area contributed by atoms with Gasteiger partial charge in [-0.1, -0.05) is 18.2 Å². The fourth-order valence-corrected chi connectivity index (χ4v) is 3.51. The van der Waals surface area contributed by atoms with Gasteiger partial charge < -0.3 is 14.8 Å². The van der Waals surface area contributed by atoms with Crippen LogP contribution in [0.5, 0.6) is 0 Å². The van der Waals surface area contributed by atoms with Gasteiger partial charge in [-0.05, 0) is 30.9 Å². The molecule has 6 nitrogen and oxygen atoms in total. The van der Waals surface area contributed by atoms with Gasteiger partial charge in [-0.2, -0.15) is 0 Å². The Morgan fingerprint density at radius 2 is 2.09 bits per heavy atom. The van der Waals surface area contributed by atoms with Gasteiger partial charge in [0.05, 0.1) is 6.54 Å². The van der Waals surface area contributed by atoms with Crippen molar-refractivity contribution in [2.75, 3.05) is 18.5 Å². The van der Waals surface area contributed by atoms with Crippen molar-refractivity contribution in [3.8, 4) is 0 Å². The number of hydrogen-bond acceptors (Lipinski definition) is 3. The molecule has 0 bridgehead atoms. The van der Waals surface area contributed by atoms with Gasteiger partial charge in [0.2, 0.25) is 0 Å². The summed E-state index contributed by atoms with van der Waals surface area (Å²) in [5.41, 5.74) is 2.64. The smallest absolute Gasteiger partial charge is 0.198 e. The van der Waals surface area contributed by atoms with E-state index in [1.807, 2.05) is 7.05 Å². The maximum atomic E-state index is 4.45. The molecular formula is C17H22N6. The summed E-state index contributed by atoms with van der Waals surface area (Å²) in [7, 11) is 1.84. The van der Waals surface area contributed by atoms with Crippen molar-refractivity contribution in [3.63, 3.8) is 0 Å². The second-order valence-electron chi connectivity index (χ2n) is 6.07. The van der Waals surface area contributed by atoms with Crippen molar-refractivity contribution in [1.29, 1.82) is 0 Å². The van der Waals surface area contributed by atoms with E-state index in [1.165, 1.54) is 24.1 Å². The summed E-state index contributed by atoms with van der Waals surface area (Å²) < 4.78 is 2.25. The molecule has 0 radical (unpaired) electrons. The van der Waals surface area contributed by atoms with Gasteiger partial charge in [0.1, 0.15) is 5.82 Å². The number of nitrogens with one attached hydrogen (secondary N) is 1. The van der Waals surface area contributed by atoms with Crippen LogP contribution in [0.3, 0.4) is 0 Å². The van der Waals surface area contributed by atoms with E-state index in [0.717, 1.165) is 43.5 Å². The molecule has 0 saturated carbocycles. The molecule has 1 aromatic heterocycles. The van der Waals surface area contributed by atoms with Crippen LogP contribution in [0.1, 0.15) is 30.1 Å². The van der Waals surface area contributed by atoms with Gasteiger partial charge in [0, 0.05) is 32.2 Å². The third-order valence-electron chi connectivity index (χ3n) is 4.70. The third-order valence-corrected chi connectivity index (χ3v) is 4.70. The molecule has 6 heteroatoms. The summed E-state index contributed by atoms with van der Waals surface area (Å²) in [6.07, 6.45) is 4.54. The number of para-hydroxylation sites is 1. The lowest BCUT2D eigenvalue weighted by molar-refractivity contribution is 0.505. The quantitative estimate of drug-likeness (QED) is 0.678. The maximum Gasteiger partial charge on any atom is 0.198 e. The van der Waals surface area contributed by atoms with Crippen LogP contribution in [-0.4, -0.2) is 34.3 Å². The summed E-state index contributed by atoms with van der Waals surface area (Å²) in [5.74, 6) is 3.03. The minimum atomic E-state index is 0.665. The van der Waals surface area contributed by atoms with E-state index in [2.05, 4.69) is 54.2 Å². The first kappa shape index (κ1) is 14.2. The molecule has 4 rings (SSSR count). The van der Waals surface area contributed by atoms with Crippen molar-refractivity contribution in [2.45, 2.75) is 38.8 Å². The van der Waals surface area contributed by atoms with Gasteiger partial charge in [0.15, 0.2) is 11.8 Å². The number of hydrogen-bond donors (Lipinski definition) is 1. The molecule has 2 aromatic rings. The molecule has 0 saturated heterocycles. The SMILES string of the molecule is CN=C(NCc1nnc2n1CCCC2)N1CCc2ccccc21. The lowest BCUT2D eigenvalue weighted by atomic mass is 10.2. The van der Waals surface area contributed by atoms with Crippen molar-refractivity contribution in [1.82, 2.24) is 20.1 Å². The lowest BCUT2D eigenvalue weighted by Crippen LogP contribution is -2.40. The van der Waals surface area contributed by atoms with Crippen LogP contribution >= 0.6 is 0 Å². The minimum absolute atomic E-state index is 0.665. The highest BCUT2D eigenvalue weighted by Gasteiger charge is 2.23. The van der Waals surface area contributed by atoms with Gasteiger partial charge in [-0.3, -0.25) is 4.99 Å². The van der Waals surface area contributed by atoms with Crippen LogP contribution in [0.4, 0.5) is 5.69 Å². The Bertz CT molecular complexity index is 732. The summed E-state index contributed by atoms with van der Waals surface area (Å²) in [4.78, 5) is 6.71. The Balaban J connectivity index is 1.49. The standard InChI is InChI=1S/C17H22N6/c1-18-17(22-11-9-13-6-2-3-7-14(13)22)19-12-16-21-20-15-8-4-5-10-23(15)16/h2-3,6-7H,4-5,8-12H2,1H3,(H,18,19). The van der Waals surface area contributed by atoms with E-state index in [9.17, 15) is 0 Å². The molecule has 23 heavy (non-hydrogen) atoms. The molecule has 0 fully saturated rings. The maximum absolute atomic E-state index is 4.45. The molecule has 120 valence electrons. The number of nitrogens with zero attached hydrogens (tertiary/aromatic N) is 5. The number of rotatable bonds is 2. The van der Waals surface area contributed by atoms with Crippen LogP contribution in [0.25, 0.3) is 0 Å². The average Bonchev–Trinajstić information content (AvgIpc) is 3.20. The van der Waals surface area contributed by atoms with Gasteiger partial charge in [-0.25, -0.2) is 0 Å². The lowest BCUT2D eigenvalue weighted by Gasteiger charge is -2.22. The highest BCUT2D eigenvalue weighted by molar-refractivity contribution is 5.97. The molecule has 2 aliphatic heterocycles. The van der Waals surface area contributed by atoms with E-state index >= 15 is 0 Å². The zero-order chi connectivity index (χ0) is 15.6. The number of benzene rings is 1. The first-order valence-electron chi connectivity index (χ1n) is 8.34. The highest BCUT2D eigenvalue weighted by atomic mass is 15.3. The van der Waals surface area contributed by atoms with Crippen LogP contribution in [0.2, 0.25) is 0 Å². The molecule has 0 unspecified atom stereocenters. The monoisotopic (exact) mass is 310 g/mol. The summed E-state index contributed by atoms with van der Waals surface area (Å²) in [5, 5.41) is 12.1. The molecule has 1 N–H and O–H groups in total. The Morgan fingerprint density at radius 3 is 3.00 bits per heavy atom. The Morgan fingerprint density at radius 1 is 1.17 bits per heavy atom. The molecule has 0 aliphatic carbocycles. The van der Waals surface area contributed by atoms with Crippen LogP contribution < -0.4 is 10.2 Å². The first-order valence-corrected chi connectivity index (χ1v) is 8.34. The number of aryl methyl sites for hydroxylation is 1. The predicted molar refractivity (Wildman–Crippen MR) is 90.7 cm³/mol. The molecular weight excluding hydrogens is 288 g/mol. The number of anilines is 1. The summed E-state index contributed by atoms with van der Waals surface area (Å²) >= 11 is 0. The minimum Gasteiger partial charge on any atom is -0.349 e. The van der Waals surface area contributed by atoms with E-state index in [4.69, 9.17) is 0 Å². The number of guanidine groups is 1. The summed E-state index contributed by atoms with van der Waals surface area (Å²) in [6, 6.07) is 8.53. The Hall–Kier alpha value is -2.37. The Kier molecular flexibility index (Phi) is 3.73. The van der Waals surface area contributed by atoms with Crippen LogP contribution in [0, 0.1) is 0 Å². The zero-order valence-electron chi connectivity index (χ0n) is 13.5. The van der Waals surface area contributed by atoms with E-state index in [-0.39, 0.29) is 0 Å². The fourth-order valence-electron chi connectivity index (χ4n) is 3.51. The number of fused-ring (bicyclic) bond motifs is 2. The third kappa shape index (κ3) is 2.58. The molecule has 0 atom stereocenters. The van der Waals surface area contributed by atoms with E-state index in [0.29, 0.717) is 6.54 Å². The predicted octanol–water partition coefficient (Wildman–Crippen LogP) is 1.75. The number of aromatic nitrogens is 3. The van der Waals surface area contributed by atoms with Gasteiger partial charge in [-0.15, -0.1) is 10.2 Å². The fraction of sp³-hybridized carbons (Fsp3) is 0.471. The van der Waals surface area contributed by atoms with Gasteiger partial charge >= 0.3 is 0 Å². The Labute approximate surface area is 136 Å². The zero-order valence-corrected chi connectivity index (χ0v) is 13.5. The topological polar surface area (TPSA) is 58.3 Å². The van der Waals surface area contributed by atoms with Crippen molar-refractivity contribution >= 4 is 11.6 Å². The summed E-state index contributed by atoms with van der Waals surface area (Å²) in [6.45, 7) is 2.67. The van der Waals surface area contributed by atoms with Crippen molar-refractivity contribution in [2.24, 2.45) is 4.99 Å². The first-order chi connectivity index (χ1) is 11.4. The van der Waals surface area contributed by atoms with Crippen molar-refractivity contribution in [3.05, 3.63) is 41.5 Å². The van der Waals surface area contributed by atoms with Crippen LogP contribution in [0.15, 0.2) is 29.3 Å². The molecule has 2 aliphatic rings. The highest BCUT2D eigenvalue weighted by Crippen LogP contribution is 2.27. The second-order valence-corrected chi connectivity index (χ2v) is 6.07. The van der Waals surface area contributed by atoms with E-state index < -0.39 is 0 Å². The largest absolute Gasteiger partial charge is 0.349 e. The van der Waals surface area contributed by atoms with Gasteiger partial charge in [0.25, 0.3) is 0 Å². The number of aliphatic imine (C=N–C) groups is 1. The molecule has 1 aromatic carbocycles.